The number of rotatable bonds is 3. The van der Waals surface area contributed by atoms with Gasteiger partial charge in [0.05, 0.1) is 11.5 Å². The fourth-order valence-electron chi connectivity index (χ4n) is 3.95. The summed E-state index contributed by atoms with van der Waals surface area (Å²) in [5.41, 5.74) is 0.915. The fraction of sp³-hybridized carbons (Fsp3) is 0.611. The van der Waals surface area contributed by atoms with Crippen molar-refractivity contribution in [3.63, 3.8) is 0 Å². The number of likely N-dealkylation sites (tertiary alicyclic amines) is 1. The molecule has 2 fully saturated rings. The van der Waals surface area contributed by atoms with Crippen LogP contribution in [0.2, 0.25) is 0 Å². The van der Waals surface area contributed by atoms with E-state index in [1.165, 1.54) is 12.0 Å². The average molecular weight is 287 g/mol. The fourth-order valence-corrected chi connectivity index (χ4v) is 3.95. The highest BCUT2D eigenvalue weighted by molar-refractivity contribution is 5.88. The molecule has 114 valence electrons. The van der Waals surface area contributed by atoms with Gasteiger partial charge < -0.3 is 9.64 Å². The van der Waals surface area contributed by atoms with E-state index in [2.05, 4.69) is 24.3 Å². The highest BCUT2D eigenvalue weighted by Gasteiger charge is 2.44. The first-order valence-electron chi connectivity index (χ1n) is 8.14. The monoisotopic (exact) mass is 287 g/mol. The van der Waals surface area contributed by atoms with Crippen LogP contribution in [0.4, 0.5) is 0 Å². The minimum absolute atomic E-state index is 0.213. The van der Waals surface area contributed by atoms with Crippen molar-refractivity contribution in [2.45, 2.75) is 50.0 Å². The zero-order chi connectivity index (χ0) is 14.7. The number of hydrogen-bond acceptors (Lipinski definition) is 2. The quantitative estimate of drug-likeness (QED) is 0.855. The van der Waals surface area contributed by atoms with Gasteiger partial charge in [0.15, 0.2) is 0 Å². The number of methoxy groups -OCH3 is 1. The van der Waals surface area contributed by atoms with Gasteiger partial charge in [-0.15, -0.1) is 0 Å². The number of benzene rings is 1. The topological polar surface area (TPSA) is 29.5 Å². The molecule has 3 nitrogen and oxygen atoms in total. The maximum Gasteiger partial charge on any atom is 0.233 e. The molecule has 1 heterocycles. The van der Waals surface area contributed by atoms with Crippen LogP contribution in [-0.2, 0) is 14.9 Å². The van der Waals surface area contributed by atoms with E-state index in [9.17, 15) is 4.79 Å². The van der Waals surface area contributed by atoms with Gasteiger partial charge in [-0.2, -0.15) is 0 Å². The third kappa shape index (κ3) is 2.71. The molecular weight excluding hydrogens is 262 g/mol. The first kappa shape index (κ1) is 14.6. The van der Waals surface area contributed by atoms with Crippen LogP contribution in [0.3, 0.4) is 0 Å². The Kier molecular flexibility index (Phi) is 4.29. The summed E-state index contributed by atoms with van der Waals surface area (Å²) >= 11 is 0. The van der Waals surface area contributed by atoms with Gasteiger partial charge in [-0.1, -0.05) is 49.6 Å². The minimum atomic E-state index is -0.290. The minimum Gasteiger partial charge on any atom is -0.380 e. The molecule has 0 aromatic heterocycles. The number of ether oxygens (including phenoxy) is 1. The van der Waals surface area contributed by atoms with Gasteiger partial charge >= 0.3 is 0 Å². The van der Waals surface area contributed by atoms with Crippen molar-refractivity contribution in [3.8, 4) is 0 Å². The van der Waals surface area contributed by atoms with Crippen LogP contribution in [0.5, 0.6) is 0 Å². The van der Waals surface area contributed by atoms with E-state index in [1.54, 1.807) is 7.11 Å². The van der Waals surface area contributed by atoms with Gasteiger partial charge in [-0.3, -0.25) is 4.79 Å². The number of carbonyl (C=O) groups is 1. The van der Waals surface area contributed by atoms with E-state index in [0.29, 0.717) is 5.91 Å². The van der Waals surface area contributed by atoms with Crippen molar-refractivity contribution >= 4 is 5.91 Å². The van der Waals surface area contributed by atoms with Crippen LogP contribution >= 0.6 is 0 Å². The number of amides is 1. The van der Waals surface area contributed by atoms with Gasteiger partial charge in [0.25, 0.3) is 0 Å². The summed E-state index contributed by atoms with van der Waals surface area (Å²) in [5, 5.41) is 0. The Labute approximate surface area is 127 Å². The molecule has 0 radical (unpaired) electrons. The molecule has 1 saturated carbocycles. The summed E-state index contributed by atoms with van der Waals surface area (Å²) in [5.74, 6) is 0.327. The molecule has 21 heavy (non-hydrogen) atoms. The van der Waals surface area contributed by atoms with Crippen molar-refractivity contribution < 1.29 is 9.53 Å². The Morgan fingerprint density at radius 1 is 1.19 bits per heavy atom. The molecule has 1 aromatic rings. The molecule has 1 saturated heterocycles. The van der Waals surface area contributed by atoms with Crippen molar-refractivity contribution in [3.05, 3.63) is 35.9 Å². The van der Waals surface area contributed by atoms with Crippen molar-refractivity contribution in [1.82, 2.24) is 4.90 Å². The van der Waals surface area contributed by atoms with E-state index >= 15 is 0 Å². The molecule has 1 amide bonds. The Bertz CT molecular complexity index is 479. The lowest BCUT2D eigenvalue weighted by molar-refractivity contribution is -0.138. The Morgan fingerprint density at radius 3 is 2.52 bits per heavy atom. The van der Waals surface area contributed by atoms with Crippen molar-refractivity contribution in [2.24, 2.45) is 0 Å². The molecule has 1 aliphatic carbocycles. The predicted octanol–water partition coefficient (Wildman–Crippen LogP) is 3.14. The Balaban J connectivity index is 1.87. The lowest BCUT2D eigenvalue weighted by Crippen LogP contribution is -2.47. The maximum atomic E-state index is 13.3. The van der Waals surface area contributed by atoms with E-state index in [0.717, 1.165) is 45.2 Å². The summed E-state index contributed by atoms with van der Waals surface area (Å²) in [4.78, 5) is 15.3. The van der Waals surface area contributed by atoms with E-state index in [4.69, 9.17) is 4.74 Å². The molecule has 0 bridgehead atoms. The van der Waals surface area contributed by atoms with Crippen LogP contribution in [-0.4, -0.2) is 37.1 Å². The van der Waals surface area contributed by atoms with E-state index < -0.39 is 0 Å². The summed E-state index contributed by atoms with van der Waals surface area (Å²) in [6.07, 6.45) is 6.72. The van der Waals surface area contributed by atoms with E-state index in [-0.39, 0.29) is 11.5 Å². The zero-order valence-corrected chi connectivity index (χ0v) is 12.9. The Hall–Kier alpha value is -1.35. The van der Waals surface area contributed by atoms with Gasteiger partial charge in [-0.05, 0) is 24.8 Å². The number of carbonyl (C=O) groups excluding carboxylic acids is 1. The number of hydrogen-bond donors (Lipinski definition) is 0. The molecule has 3 rings (SSSR count). The SMILES string of the molecule is CO[C@H]1CCN(C(=O)C2(c3ccccc3)CCCCC2)C1. The normalized spacial score (nSPS) is 25.0. The summed E-state index contributed by atoms with van der Waals surface area (Å²) < 4.78 is 5.42. The van der Waals surface area contributed by atoms with Crippen LogP contribution in [0, 0.1) is 0 Å². The third-order valence-electron chi connectivity index (χ3n) is 5.21. The predicted molar refractivity (Wildman–Crippen MR) is 83.2 cm³/mol. The first-order chi connectivity index (χ1) is 10.3. The molecule has 2 aliphatic rings. The van der Waals surface area contributed by atoms with Crippen LogP contribution in [0.15, 0.2) is 30.3 Å². The summed E-state index contributed by atoms with van der Waals surface area (Å²) in [7, 11) is 1.74. The smallest absolute Gasteiger partial charge is 0.233 e. The first-order valence-corrected chi connectivity index (χ1v) is 8.14. The van der Waals surface area contributed by atoms with Gasteiger partial charge in [0.2, 0.25) is 5.91 Å². The largest absolute Gasteiger partial charge is 0.380 e. The maximum absolute atomic E-state index is 13.3. The summed E-state index contributed by atoms with van der Waals surface area (Å²) in [6.45, 7) is 1.59. The van der Waals surface area contributed by atoms with Crippen LogP contribution < -0.4 is 0 Å². The second kappa shape index (κ2) is 6.18. The highest BCUT2D eigenvalue weighted by Crippen LogP contribution is 2.41. The van der Waals surface area contributed by atoms with Gasteiger partial charge in [0.1, 0.15) is 0 Å². The molecule has 3 heteroatoms. The molecule has 1 aromatic carbocycles. The van der Waals surface area contributed by atoms with Crippen LogP contribution in [0.25, 0.3) is 0 Å². The lowest BCUT2D eigenvalue weighted by atomic mass is 9.68. The standard InChI is InChI=1S/C18H25NO2/c1-21-16-10-13-19(14-16)17(20)18(11-6-3-7-12-18)15-8-4-2-5-9-15/h2,4-5,8-9,16H,3,6-7,10-14H2,1H3/t16-/m0/s1. The van der Waals surface area contributed by atoms with Gasteiger partial charge in [0, 0.05) is 20.2 Å². The zero-order valence-electron chi connectivity index (χ0n) is 12.9. The molecule has 1 aliphatic heterocycles. The van der Waals surface area contributed by atoms with E-state index in [1.807, 2.05) is 11.0 Å². The van der Waals surface area contributed by atoms with Crippen molar-refractivity contribution in [1.29, 1.82) is 0 Å². The second-order valence-electron chi connectivity index (χ2n) is 6.41. The highest BCUT2D eigenvalue weighted by atomic mass is 16.5. The average Bonchev–Trinajstić information content (AvgIpc) is 3.04. The molecule has 0 unspecified atom stereocenters. The molecule has 0 N–H and O–H groups in total. The molecule has 1 atom stereocenters. The Morgan fingerprint density at radius 2 is 1.90 bits per heavy atom. The number of nitrogens with zero attached hydrogens (tertiary/aromatic N) is 1. The molecule has 0 spiro atoms. The summed E-state index contributed by atoms with van der Waals surface area (Å²) in [6, 6.07) is 10.4. The van der Waals surface area contributed by atoms with Crippen LogP contribution in [0.1, 0.15) is 44.1 Å². The second-order valence-corrected chi connectivity index (χ2v) is 6.41. The third-order valence-corrected chi connectivity index (χ3v) is 5.21. The molecular formula is C18H25NO2. The van der Waals surface area contributed by atoms with Crippen molar-refractivity contribution in [2.75, 3.05) is 20.2 Å². The van der Waals surface area contributed by atoms with Gasteiger partial charge in [-0.25, -0.2) is 0 Å². The lowest BCUT2D eigenvalue weighted by Gasteiger charge is -2.39.